The summed E-state index contributed by atoms with van der Waals surface area (Å²) < 4.78 is 0. The first kappa shape index (κ1) is 5.60. The van der Waals surface area contributed by atoms with Crippen molar-refractivity contribution in [1.82, 2.24) is 4.90 Å². The lowest BCUT2D eigenvalue weighted by Gasteiger charge is -2.29. The fourth-order valence-electron chi connectivity index (χ4n) is 0.862. The van der Waals surface area contributed by atoms with Crippen molar-refractivity contribution in [3.05, 3.63) is 7.05 Å². The second-order valence-corrected chi connectivity index (χ2v) is 2.11. The predicted octanol–water partition coefficient (Wildman–Crippen LogP) is 0.790. The van der Waals surface area contributed by atoms with Gasteiger partial charge in [-0.25, -0.2) is 0 Å². The van der Waals surface area contributed by atoms with E-state index in [4.69, 9.17) is 0 Å². The molecule has 0 N–H and O–H groups in total. The first-order valence-electron chi connectivity index (χ1n) is 2.91. The third kappa shape index (κ3) is 0.997. The molecule has 2 heteroatoms. The number of hydrogen-bond donors (Lipinski definition) is 0. The Hall–Kier alpha value is -0.530. The normalized spacial score (nSPS) is 21.6. The van der Waals surface area contributed by atoms with Crippen molar-refractivity contribution in [3.8, 4) is 0 Å². The first-order valence-corrected chi connectivity index (χ1v) is 2.91. The molecule has 1 aliphatic rings. The Morgan fingerprint density at radius 3 is 2.62 bits per heavy atom. The van der Waals surface area contributed by atoms with E-state index in [1.807, 2.05) is 0 Å². The molecule has 0 unspecified atom stereocenters. The summed E-state index contributed by atoms with van der Waals surface area (Å²) in [6, 6.07) is 0. The van der Waals surface area contributed by atoms with Crippen LogP contribution in [0.5, 0.6) is 0 Å². The molecule has 8 heavy (non-hydrogen) atoms. The van der Waals surface area contributed by atoms with Gasteiger partial charge in [-0.1, -0.05) is 0 Å². The number of amides is 1. The molecule has 1 saturated heterocycles. The number of hydrogen-bond acceptors (Lipinski definition) is 1. The van der Waals surface area contributed by atoms with Crippen molar-refractivity contribution in [2.24, 2.45) is 0 Å². The van der Waals surface area contributed by atoms with Crippen LogP contribution >= 0.6 is 0 Å². The van der Waals surface area contributed by atoms with Gasteiger partial charge in [-0.3, -0.25) is 11.8 Å². The Labute approximate surface area is 49.5 Å². The Kier molecular flexibility index (Phi) is 1.51. The monoisotopic (exact) mass is 112 g/mol. The van der Waals surface area contributed by atoms with E-state index in [2.05, 4.69) is 7.05 Å². The lowest BCUT2D eigenvalue weighted by molar-refractivity contribution is -0.130. The van der Waals surface area contributed by atoms with Crippen LogP contribution in [0, 0.1) is 7.05 Å². The van der Waals surface area contributed by atoms with Gasteiger partial charge in [0.25, 0.3) is 0 Å². The van der Waals surface area contributed by atoms with Gasteiger partial charge in [-0.05, 0) is 19.4 Å². The van der Waals surface area contributed by atoms with E-state index in [1.54, 1.807) is 4.90 Å². The second-order valence-electron chi connectivity index (χ2n) is 2.11. The molecule has 46 valence electrons. The van der Waals surface area contributed by atoms with Crippen LogP contribution in [0.25, 0.3) is 0 Å². The van der Waals surface area contributed by atoms with Gasteiger partial charge < -0.3 is 4.90 Å². The maximum atomic E-state index is 10.7. The van der Waals surface area contributed by atoms with E-state index >= 15 is 0 Å². The molecule has 1 heterocycles. The number of nitrogens with zero attached hydrogens (tertiary/aromatic N) is 1. The lowest BCUT2D eigenvalue weighted by atomic mass is 10.1. The minimum atomic E-state index is 0.191. The molecular formula is C6H10NO-. The molecule has 1 amide bonds. The number of carbonyl (C=O) groups excluding carboxylic acids is 1. The maximum absolute atomic E-state index is 10.7. The van der Waals surface area contributed by atoms with Crippen LogP contribution < -0.4 is 0 Å². The zero-order valence-electron chi connectivity index (χ0n) is 4.89. The Morgan fingerprint density at radius 1 is 1.50 bits per heavy atom. The van der Waals surface area contributed by atoms with Crippen LogP contribution in [-0.2, 0) is 4.79 Å². The van der Waals surface area contributed by atoms with Gasteiger partial charge in [0.1, 0.15) is 0 Å². The van der Waals surface area contributed by atoms with Crippen molar-refractivity contribution in [1.29, 1.82) is 0 Å². The summed E-state index contributed by atoms with van der Waals surface area (Å²) in [5.74, 6) is 0.191. The summed E-state index contributed by atoms with van der Waals surface area (Å²) in [7, 11) is 3.56. The van der Waals surface area contributed by atoms with Gasteiger partial charge in [0, 0.05) is 6.42 Å². The zero-order valence-corrected chi connectivity index (χ0v) is 4.89. The summed E-state index contributed by atoms with van der Waals surface area (Å²) in [4.78, 5) is 12.2. The van der Waals surface area contributed by atoms with Crippen LogP contribution in [0.3, 0.4) is 0 Å². The van der Waals surface area contributed by atoms with Crippen LogP contribution in [0.1, 0.15) is 19.3 Å². The summed E-state index contributed by atoms with van der Waals surface area (Å²) >= 11 is 0. The van der Waals surface area contributed by atoms with Gasteiger partial charge >= 0.3 is 0 Å². The van der Waals surface area contributed by atoms with E-state index in [9.17, 15) is 4.79 Å². The van der Waals surface area contributed by atoms with Crippen LogP contribution in [0.4, 0.5) is 0 Å². The van der Waals surface area contributed by atoms with Gasteiger partial charge in [0.05, 0.1) is 0 Å². The largest absolute Gasteiger partial charge is 0.496 e. The lowest BCUT2D eigenvalue weighted by Crippen LogP contribution is -2.29. The number of carbonyl (C=O) groups is 1. The average Bonchev–Trinajstić information content (AvgIpc) is 1.77. The fraction of sp³-hybridized carbons (Fsp3) is 0.667. The van der Waals surface area contributed by atoms with E-state index in [-0.39, 0.29) is 5.91 Å². The quantitative estimate of drug-likeness (QED) is 0.424. The van der Waals surface area contributed by atoms with Crippen molar-refractivity contribution in [3.63, 3.8) is 0 Å². The molecule has 0 aromatic rings. The highest BCUT2D eigenvalue weighted by molar-refractivity contribution is 5.76. The standard InChI is InChI=1S/C6H10NO/c1-7-5-3-2-4-6(7)8/h1-5H2/q-1. The molecule has 1 rings (SSSR count). The Balaban J connectivity index is 2.39. The summed E-state index contributed by atoms with van der Waals surface area (Å²) in [6.07, 6.45) is 2.86. The Bertz CT molecular complexity index is 101. The minimum absolute atomic E-state index is 0.191. The minimum Gasteiger partial charge on any atom is -0.496 e. The molecule has 0 bridgehead atoms. The maximum Gasteiger partial charge on any atom is 0.193 e. The molecule has 0 aromatic carbocycles. The predicted molar refractivity (Wildman–Crippen MR) is 30.9 cm³/mol. The summed E-state index contributed by atoms with van der Waals surface area (Å²) in [6.45, 7) is 0.846. The van der Waals surface area contributed by atoms with E-state index in [0.717, 1.165) is 19.4 Å². The SMILES string of the molecule is [CH2-]N1CCCCC1=O. The molecule has 0 atom stereocenters. The van der Waals surface area contributed by atoms with Crippen LogP contribution in [0.2, 0.25) is 0 Å². The summed E-state index contributed by atoms with van der Waals surface area (Å²) in [5, 5.41) is 0. The number of likely N-dealkylation sites (tertiary alicyclic amines) is 1. The van der Waals surface area contributed by atoms with Gasteiger partial charge in [0.2, 0.25) is 0 Å². The number of rotatable bonds is 0. The Morgan fingerprint density at radius 2 is 2.25 bits per heavy atom. The molecule has 1 fully saturated rings. The third-order valence-corrected chi connectivity index (χ3v) is 1.42. The van der Waals surface area contributed by atoms with Gasteiger partial charge in [-0.15, -0.1) is 0 Å². The first-order chi connectivity index (χ1) is 3.80. The zero-order chi connectivity index (χ0) is 5.98. The molecule has 0 aromatic heterocycles. The van der Waals surface area contributed by atoms with Gasteiger partial charge in [-0.2, -0.15) is 0 Å². The van der Waals surface area contributed by atoms with E-state index in [0.29, 0.717) is 6.42 Å². The van der Waals surface area contributed by atoms with Gasteiger partial charge in [0.15, 0.2) is 5.91 Å². The summed E-state index contributed by atoms with van der Waals surface area (Å²) in [5.41, 5.74) is 0. The van der Waals surface area contributed by atoms with Crippen molar-refractivity contribution in [2.45, 2.75) is 19.3 Å². The topological polar surface area (TPSA) is 20.3 Å². The fourth-order valence-corrected chi connectivity index (χ4v) is 0.862. The van der Waals surface area contributed by atoms with Crippen molar-refractivity contribution < 1.29 is 4.79 Å². The smallest absolute Gasteiger partial charge is 0.193 e. The van der Waals surface area contributed by atoms with Crippen LogP contribution in [-0.4, -0.2) is 17.4 Å². The molecule has 0 radical (unpaired) electrons. The second kappa shape index (κ2) is 2.16. The highest BCUT2D eigenvalue weighted by atomic mass is 16.2. The van der Waals surface area contributed by atoms with Crippen molar-refractivity contribution in [2.75, 3.05) is 6.54 Å². The molecule has 0 aliphatic carbocycles. The molecule has 0 saturated carbocycles. The average molecular weight is 112 g/mol. The molecule has 0 spiro atoms. The molecular weight excluding hydrogens is 102 g/mol. The number of piperidine rings is 1. The van der Waals surface area contributed by atoms with E-state index in [1.165, 1.54) is 0 Å². The van der Waals surface area contributed by atoms with Crippen LogP contribution in [0.15, 0.2) is 0 Å². The van der Waals surface area contributed by atoms with Crippen molar-refractivity contribution >= 4 is 5.91 Å². The molecule has 2 nitrogen and oxygen atoms in total. The van der Waals surface area contributed by atoms with E-state index < -0.39 is 0 Å². The third-order valence-electron chi connectivity index (χ3n) is 1.42. The highest BCUT2D eigenvalue weighted by Gasteiger charge is 2.07. The highest BCUT2D eigenvalue weighted by Crippen LogP contribution is 2.07. The molecule has 1 aliphatic heterocycles.